The smallest absolute Gasteiger partial charge is 0.319 e. The number of nitrogens with zero attached hydrogens (tertiary/aromatic N) is 3. The predicted molar refractivity (Wildman–Crippen MR) is 135 cm³/mol. The topological polar surface area (TPSA) is 99.6 Å². The van der Waals surface area contributed by atoms with Crippen LogP contribution in [0.25, 0.3) is 11.4 Å². The lowest BCUT2D eigenvalue weighted by atomic mass is 10.1. The molecule has 8 nitrogen and oxygen atoms in total. The summed E-state index contributed by atoms with van der Waals surface area (Å²) in [4.78, 5) is 24.0. The van der Waals surface area contributed by atoms with Crippen molar-refractivity contribution >= 4 is 29.3 Å². The lowest BCUT2D eigenvalue weighted by molar-refractivity contribution is 0.122. The quantitative estimate of drug-likeness (QED) is 0.476. The highest BCUT2D eigenvalue weighted by Crippen LogP contribution is 2.39. The van der Waals surface area contributed by atoms with Crippen molar-refractivity contribution in [2.45, 2.75) is 44.1 Å². The van der Waals surface area contributed by atoms with Crippen LogP contribution in [0.2, 0.25) is 0 Å². The van der Waals surface area contributed by atoms with Crippen LogP contribution in [0.15, 0.2) is 30.3 Å². The van der Waals surface area contributed by atoms with Crippen LogP contribution < -0.4 is 15.5 Å². The molecule has 3 N–H and O–H groups in total. The first-order valence-corrected chi connectivity index (χ1v) is 12.3. The Kier molecular flexibility index (Phi) is 8.94. The van der Waals surface area contributed by atoms with Gasteiger partial charge in [-0.05, 0) is 49.8 Å². The molecule has 2 amide bonds. The first-order valence-electron chi connectivity index (χ1n) is 11.4. The third-order valence-electron chi connectivity index (χ3n) is 5.22. The van der Waals surface area contributed by atoms with Gasteiger partial charge in [0, 0.05) is 43.6 Å². The van der Waals surface area contributed by atoms with Crippen LogP contribution in [-0.4, -0.2) is 65.8 Å². The van der Waals surface area contributed by atoms with Crippen molar-refractivity contribution in [3.05, 3.63) is 36.0 Å². The normalized spacial score (nSPS) is 14.4. The molecule has 1 aliphatic heterocycles. The van der Waals surface area contributed by atoms with E-state index < -0.39 is 0 Å². The Morgan fingerprint density at radius 3 is 2.55 bits per heavy atom. The number of ether oxygens (including phenoxy) is 1. The minimum Gasteiger partial charge on any atom is -0.396 e. The second-order valence-electron chi connectivity index (χ2n) is 8.75. The predicted octanol–water partition coefficient (Wildman–Crippen LogP) is 3.86. The minimum atomic E-state index is -0.295. The van der Waals surface area contributed by atoms with Gasteiger partial charge in [0.15, 0.2) is 5.82 Å². The van der Waals surface area contributed by atoms with Crippen LogP contribution >= 0.6 is 11.8 Å². The van der Waals surface area contributed by atoms with Crippen LogP contribution in [0.5, 0.6) is 0 Å². The lowest BCUT2D eigenvalue weighted by Crippen LogP contribution is -2.37. The zero-order chi connectivity index (χ0) is 23.8. The van der Waals surface area contributed by atoms with E-state index in [1.54, 1.807) is 0 Å². The minimum absolute atomic E-state index is 0.0486. The summed E-state index contributed by atoms with van der Waals surface area (Å²) in [5.74, 6) is 1.59. The van der Waals surface area contributed by atoms with Crippen molar-refractivity contribution < 1.29 is 14.6 Å². The number of nitrogens with one attached hydrogen (secondary N) is 2. The van der Waals surface area contributed by atoms with E-state index in [4.69, 9.17) is 19.8 Å². The molecule has 0 bridgehead atoms. The second kappa shape index (κ2) is 11.7. The molecule has 1 fully saturated rings. The standard InChI is InChI=1S/C24H35N5O3S/c1-17(2)33-24(3,4)20-16-21(29-11-14-32-15-12-29)28-22(27-20)18-6-8-19(9-7-18)26-23(31)25-10-5-13-30/h6-9,16-17,30H,5,10-15H2,1-4H3,(H2,25,26,31). The number of anilines is 2. The molecule has 33 heavy (non-hydrogen) atoms. The summed E-state index contributed by atoms with van der Waals surface area (Å²) < 4.78 is 5.36. The van der Waals surface area contributed by atoms with Gasteiger partial charge >= 0.3 is 6.03 Å². The molecule has 0 unspecified atom stereocenters. The first-order chi connectivity index (χ1) is 15.8. The molecule has 9 heteroatoms. The third-order valence-corrected chi connectivity index (χ3v) is 6.49. The highest BCUT2D eigenvalue weighted by molar-refractivity contribution is 8.00. The monoisotopic (exact) mass is 473 g/mol. The molecule has 1 saturated heterocycles. The number of aliphatic hydroxyl groups is 1. The Labute approximate surface area is 200 Å². The molecule has 1 aromatic carbocycles. The van der Waals surface area contributed by atoms with Crippen LogP contribution in [0.4, 0.5) is 16.3 Å². The number of aliphatic hydroxyl groups excluding tert-OH is 1. The van der Waals surface area contributed by atoms with Crippen molar-refractivity contribution in [2.24, 2.45) is 0 Å². The Hall–Kier alpha value is -2.36. The molecule has 2 heterocycles. The maximum Gasteiger partial charge on any atom is 0.319 e. The maximum atomic E-state index is 12.0. The van der Waals surface area contributed by atoms with Gasteiger partial charge < -0.3 is 25.4 Å². The summed E-state index contributed by atoms with van der Waals surface area (Å²) in [5.41, 5.74) is 2.57. The first kappa shape index (κ1) is 25.3. The molecule has 0 radical (unpaired) electrons. The van der Waals surface area contributed by atoms with E-state index in [9.17, 15) is 4.79 Å². The number of urea groups is 1. The SMILES string of the molecule is CC(C)SC(C)(C)c1cc(N2CCOCC2)nc(-c2ccc(NC(=O)NCCCO)cc2)n1. The summed E-state index contributed by atoms with van der Waals surface area (Å²) in [7, 11) is 0. The number of carbonyl (C=O) groups is 1. The second-order valence-corrected chi connectivity index (χ2v) is 10.9. The van der Waals surface area contributed by atoms with Crippen molar-refractivity contribution in [1.82, 2.24) is 15.3 Å². The molecule has 0 saturated carbocycles. The van der Waals surface area contributed by atoms with Crippen molar-refractivity contribution in [3.63, 3.8) is 0 Å². The van der Waals surface area contributed by atoms with Gasteiger partial charge in [0.2, 0.25) is 0 Å². The Morgan fingerprint density at radius 1 is 1.21 bits per heavy atom. The largest absolute Gasteiger partial charge is 0.396 e. The van der Waals surface area contributed by atoms with Gasteiger partial charge in [-0.3, -0.25) is 0 Å². The molecule has 1 aliphatic rings. The molecule has 0 aliphatic carbocycles. The highest BCUT2D eigenvalue weighted by atomic mass is 32.2. The van der Waals surface area contributed by atoms with Gasteiger partial charge in [-0.25, -0.2) is 14.8 Å². The number of benzene rings is 1. The van der Waals surface area contributed by atoms with E-state index in [1.165, 1.54) is 0 Å². The number of aromatic nitrogens is 2. The molecule has 3 rings (SSSR count). The number of hydrogen-bond donors (Lipinski definition) is 3. The van der Waals surface area contributed by atoms with Crippen molar-refractivity contribution in [3.8, 4) is 11.4 Å². The molecule has 0 atom stereocenters. The fraction of sp³-hybridized carbons (Fsp3) is 0.542. The summed E-state index contributed by atoms with van der Waals surface area (Å²) in [6.45, 7) is 12.3. The number of morpholine rings is 1. The number of amides is 2. The van der Waals surface area contributed by atoms with E-state index in [2.05, 4.69) is 49.3 Å². The van der Waals surface area contributed by atoms with Crippen molar-refractivity contribution in [1.29, 1.82) is 0 Å². The van der Waals surface area contributed by atoms with Gasteiger partial charge in [-0.15, -0.1) is 11.8 Å². The Morgan fingerprint density at radius 2 is 1.91 bits per heavy atom. The molecular weight excluding hydrogens is 438 g/mol. The average Bonchev–Trinajstić information content (AvgIpc) is 2.79. The number of rotatable bonds is 9. The van der Waals surface area contributed by atoms with E-state index in [0.29, 0.717) is 42.9 Å². The molecular formula is C24H35N5O3S. The van der Waals surface area contributed by atoms with E-state index in [-0.39, 0.29) is 17.4 Å². The average molecular weight is 474 g/mol. The van der Waals surface area contributed by atoms with Crippen LogP contribution in [0.1, 0.15) is 39.8 Å². The number of thioether (sulfide) groups is 1. The summed E-state index contributed by atoms with van der Waals surface area (Å²) in [5, 5.41) is 14.8. The van der Waals surface area contributed by atoms with Crippen LogP contribution in [0, 0.1) is 0 Å². The lowest BCUT2D eigenvalue weighted by Gasteiger charge is -2.31. The van der Waals surface area contributed by atoms with Gasteiger partial charge in [0.05, 0.1) is 23.7 Å². The van der Waals surface area contributed by atoms with Gasteiger partial charge in [0.1, 0.15) is 5.82 Å². The van der Waals surface area contributed by atoms with E-state index in [0.717, 1.165) is 30.2 Å². The third kappa shape index (κ3) is 7.31. The van der Waals surface area contributed by atoms with E-state index >= 15 is 0 Å². The fourth-order valence-corrected chi connectivity index (χ4v) is 5.04. The van der Waals surface area contributed by atoms with E-state index in [1.807, 2.05) is 36.0 Å². The van der Waals surface area contributed by atoms with Gasteiger partial charge in [-0.1, -0.05) is 13.8 Å². The Bertz CT molecular complexity index is 915. The summed E-state index contributed by atoms with van der Waals surface area (Å²) >= 11 is 1.88. The van der Waals surface area contributed by atoms with Crippen LogP contribution in [-0.2, 0) is 9.48 Å². The molecule has 2 aromatic rings. The maximum absolute atomic E-state index is 12.0. The summed E-state index contributed by atoms with van der Waals surface area (Å²) in [6.07, 6.45) is 0.525. The molecule has 1 aromatic heterocycles. The van der Waals surface area contributed by atoms with Crippen molar-refractivity contribution in [2.75, 3.05) is 49.7 Å². The zero-order valence-corrected chi connectivity index (χ0v) is 20.7. The summed E-state index contributed by atoms with van der Waals surface area (Å²) in [6, 6.07) is 9.36. The van der Waals surface area contributed by atoms with Gasteiger partial charge in [-0.2, -0.15) is 0 Å². The number of carbonyl (C=O) groups excluding carboxylic acids is 1. The molecule has 180 valence electrons. The Balaban J connectivity index is 1.86. The van der Waals surface area contributed by atoms with Crippen LogP contribution in [0.3, 0.4) is 0 Å². The zero-order valence-electron chi connectivity index (χ0n) is 19.9. The highest BCUT2D eigenvalue weighted by Gasteiger charge is 2.27. The number of hydrogen-bond acceptors (Lipinski definition) is 7. The van der Waals surface area contributed by atoms with Gasteiger partial charge in [0.25, 0.3) is 0 Å². The fourth-order valence-electron chi connectivity index (χ4n) is 3.63. The molecule has 0 spiro atoms.